The lowest BCUT2D eigenvalue weighted by Crippen LogP contribution is -1.85. The van der Waals surface area contributed by atoms with E-state index in [0.717, 1.165) is 0 Å². The van der Waals surface area contributed by atoms with Crippen molar-refractivity contribution in [1.29, 1.82) is 0 Å². The highest BCUT2D eigenvalue weighted by Gasteiger charge is 2.05. The summed E-state index contributed by atoms with van der Waals surface area (Å²) in [5.41, 5.74) is 8.81. The molecular formula is C27H26. The Morgan fingerprint density at radius 3 is 1.30 bits per heavy atom. The zero-order chi connectivity index (χ0) is 19.1. The van der Waals surface area contributed by atoms with Gasteiger partial charge in [0.2, 0.25) is 0 Å². The molecule has 0 amide bonds. The first-order valence-electron chi connectivity index (χ1n) is 9.62. The highest BCUT2D eigenvalue weighted by atomic mass is 14.1. The monoisotopic (exact) mass is 350 g/mol. The first-order chi connectivity index (χ1) is 13.3. The van der Waals surface area contributed by atoms with Gasteiger partial charge in [0.05, 0.1) is 0 Å². The van der Waals surface area contributed by atoms with Crippen molar-refractivity contribution in [2.75, 3.05) is 0 Å². The van der Waals surface area contributed by atoms with Crippen LogP contribution in [0, 0.1) is 6.92 Å². The molecule has 0 aliphatic carbocycles. The van der Waals surface area contributed by atoms with Gasteiger partial charge in [0.15, 0.2) is 0 Å². The first-order valence-corrected chi connectivity index (χ1v) is 9.62. The third-order valence-electron chi connectivity index (χ3n) is 4.49. The molecule has 4 aromatic carbocycles. The Kier molecular flexibility index (Phi) is 6.22. The zero-order valence-corrected chi connectivity index (χ0v) is 16.3. The number of hydrogen-bond acceptors (Lipinski definition) is 0. The molecule has 0 spiro atoms. The summed E-state index contributed by atoms with van der Waals surface area (Å²) in [5.74, 6) is 0. The number of aryl methyl sites for hydroxylation is 1. The normalized spacial score (nSPS) is 10.0. The maximum Gasteiger partial charge on any atom is -0.0175 e. The van der Waals surface area contributed by atoms with Crippen LogP contribution < -0.4 is 0 Å². The standard InChI is InChI=1S/C25H20.C2H6/c1-19-15-24(21-11-6-3-7-12-21)18-25(16-19)23-14-8-13-22(17-23)20-9-4-2-5-10-20;1-2/h2-18H,1H3;1-2H3. The summed E-state index contributed by atoms with van der Waals surface area (Å²) in [6.45, 7) is 6.16. The molecule has 0 nitrogen and oxygen atoms in total. The van der Waals surface area contributed by atoms with Crippen LogP contribution in [0.2, 0.25) is 0 Å². The second-order valence-corrected chi connectivity index (χ2v) is 6.40. The van der Waals surface area contributed by atoms with Gasteiger partial charge >= 0.3 is 0 Å². The molecule has 0 aromatic heterocycles. The van der Waals surface area contributed by atoms with Crippen LogP contribution in [0.15, 0.2) is 103 Å². The first kappa shape index (κ1) is 18.7. The van der Waals surface area contributed by atoms with E-state index in [1.807, 2.05) is 13.8 Å². The molecule has 0 saturated carbocycles. The van der Waals surface area contributed by atoms with Crippen molar-refractivity contribution >= 4 is 0 Å². The van der Waals surface area contributed by atoms with Gasteiger partial charge in [0.25, 0.3) is 0 Å². The Morgan fingerprint density at radius 2 is 0.741 bits per heavy atom. The van der Waals surface area contributed by atoms with E-state index in [-0.39, 0.29) is 0 Å². The Morgan fingerprint density at radius 1 is 0.370 bits per heavy atom. The second-order valence-electron chi connectivity index (χ2n) is 6.40. The molecule has 0 radical (unpaired) electrons. The third-order valence-corrected chi connectivity index (χ3v) is 4.49. The topological polar surface area (TPSA) is 0 Å². The van der Waals surface area contributed by atoms with Crippen LogP contribution in [0.1, 0.15) is 19.4 Å². The van der Waals surface area contributed by atoms with Crippen LogP contribution in [-0.4, -0.2) is 0 Å². The minimum absolute atomic E-state index is 1.25. The molecule has 134 valence electrons. The van der Waals surface area contributed by atoms with E-state index in [2.05, 4.69) is 110 Å². The predicted molar refractivity (Wildman–Crippen MR) is 119 cm³/mol. The quantitative estimate of drug-likeness (QED) is 0.351. The molecule has 27 heavy (non-hydrogen) atoms. The molecule has 0 atom stereocenters. The van der Waals surface area contributed by atoms with Gasteiger partial charge in [-0.05, 0) is 58.0 Å². The van der Waals surface area contributed by atoms with Crippen molar-refractivity contribution < 1.29 is 0 Å². The van der Waals surface area contributed by atoms with E-state index in [9.17, 15) is 0 Å². The summed E-state index contributed by atoms with van der Waals surface area (Å²) in [5, 5.41) is 0. The Bertz CT molecular complexity index is 983. The fourth-order valence-corrected chi connectivity index (χ4v) is 3.26. The fraction of sp³-hybridized carbons (Fsp3) is 0.111. The highest BCUT2D eigenvalue weighted by molar-refractivity contribution is 5.77. The molecule has 0 aliphatic heterocycles. The number of benzene rings is 4. The summed E-state index contributed by atoms with van der Waals surface area (Å²) < 4.78 is 0. The van der Waals surface area contributed by atoms with Gasteiger partial charge in [-0.3, -0.25) is 0 Å². The van der Waals surface area contributed by atoms with Gasteiger partial charge in [-0.25, -0.2) is 0 Å². The number of hydrogen-bond donors (Lipinski definition) is 0. The predicted octanol–water partition coefficient (Wildman–Crippen LogP) is 8.02. The third kappa shape index (κ3) is 4.54. The molecule has 0 bridgehead atoms. The molecule has 4 rings (SSSR count). The lowest BCUT2D eigenvalue weighted by atomic mass is 9.94. The van der Waals surface area contributed by atoms with Gasteiger partial charge in [-0.1, -0.05) is 105 Å². The maximum atomic E-state index is 2.28. The highest BCUT2D eigenvalue weighted by Crippen LogP contribution is 2.30. The van der Waals surface area contributed by atoms with Crippen LogP contribution in [0.3, 0.4) is 0 Å². The van der Waals surface area contributed by atoms with E-state index in [1.165, 1.54) is 38.9 Å². The van der Waals surface area contributed by atoms with Crippen LogP contribution in [0.25, 0.3) is 33.4 Å². The molecule has 0 unspecified atom stereocenters. The Labute approximate surface area is 163 Å². The van der Waals surface area contributed by atoms with Crippen molar-refractivity contribution in [3.05, 3.63) is 109 Å². The zero-order valence-electron chi connectivity index (χ0n) is 16.3. The Balaban J connectivity index is 0.00000102. The van der Waals surface area contributed by atoms with Gasteiger partial charge in [-0.2, -0.15) is 0 Å². The minimum Gasteiger partial charge on any atom is -0.0683 e. The summed E-state index contributed by atoms with van der Waals surface area (Å²) in [6, 6.07) is 36.7. The molecule has 0 heterocycles. The summed E-state index contributed by atoms with van der Waals surface area (Å²) >= 11 is 0. The Hall–Kier alpha value is -3.12. The van der Waals surface area contributed by atoms with Crippen molar-refractivity contribution in [1.82, 2.24) is 0 Å². The van der Waals surface area contributed by atoms with Crippen LogP contribution in [0.4, 0.5) is 0 Å². The van der Waals surface area contributed by atoms with Gasteiger partial charge in [0, 0.05) is 0 Å². The van der Waals surface area contributed by atoms with Crippen molar-refractivity contribution in [3.63, 3.8) is 0 Å². The molecular weight excluding hydrogens is 324 g/mol. The van der Waals surface area contributed by atoms with Crippen molar-refractivity contribution in [2.24, 2.45) is 0 Å². The van der Waals surface area contributed by atoms with Gasteiger partial charge in [-0.15, -0.1) is 0 Å². The maximum absolute atomic E-state index is 2.28. The van der Waals surface area contributed by atoms with Crippen LogP contribution >= 0.6 is 0 Å². The lowest BCUT2D eigenvalue weighted by Gasteiger charge is -2.10. The molecule has 0 aliphatic rings. The van der Waals surface area contributed by atoms with Crippen LogP contribution in [-0.2, 0) is 0 Å². The summed E-state index contributed by atoms with van der Waals surface area (Å²) in [4.78, 5) is 0. The van der Waals surface area contributed by atoms with Gasteiger partial charge in [0.1, 0.15) is 0 Å². The van der Waals surface area contributed by atoms with Crippen molar-refractivity contribution in [3.8, 4) is 33.4 Å². The molecule has 0 fully saturated rings. The van der Waals surface area contributed by atoms with Gasteiger partial charge < -0.3 is 0 Å². The van der Waals surface area contributed by atoms with E-state index in [1.54, 1.807) is 0 Å². The van der Waals surface area contributed by atoms with Crippen LogP contribution in [0.5, 0.6) is 0 Å². The molecule has 0 N–H and O–H groups in total. The SMILES string of the molecule is CC.Cc1cc(-c2ccccc2)cc(-c2cccc(-c3ccccc3)c2)c1. The van der Waals surface area contributed by atoms with E-state index >= 15 is 0 Å². The summed E-state index contributed by atoms with van der Waals surface area (Å²) in [7, 11) is 0. The fourth-order valence-electron chi connectivity index (χ4n) is 3.26. The minimum atomic E-state index is 1.25. The van der Waals surface area contributed by atoms with E-state index in [4.69, 9.17) is 0 Å². The lowest BCUT2D eigenvalue weighted by molar-refractivity contribution is 1.46. The number of rotatable bonds is 3. The van der Waals surface area contributed by atoms with E-state index < -0.39 is 0 Å². The summed E-state index contributed by atoms with van der Waals surface area (Å²) in [6.07, 6.45) is 0. The average molecular weight is 351 g/mol. The van der Waals surface area contributed by atoms with E-state index in [0.29, 0.717) is 0 Å². The molecule has 4 aromatic rings. The van der Waals surface area contributed by atoms with Crippen molar-refractivity contribution in [2.45, 2.75) is 20.8 Å². The average Bonchev–Trinajstić information content (AvgIpc) is 2.76. The molecule has 0 saturated heterocycles. The molecule has 0 heteroatoms. The smallest absolute Gasteiger partial charge is 0.0175 e. The largest absolute Gasteiger partial charge is 0.0683 e. The second kappa shape index (κ2) is 9.00.